The van der Waals surface area contributed by atoms with Crippen molar-refractivity contribution in [2.24, 2.45) is 0 Å². The van der Waals surface area contributed by atoms with Crippen LogP contribution in [-0.4, -0.2) is 45.9 Å². The van der Waals surface area contributed by atoms with Gasteiger partial charge in [-0.1, -0.05) is 36.4 Å². The number of amides is 1. The Labute approximate surface area is 193 Å². The van der Waals surface area contributed by atoms with Crippen LogP contribution < -0.4 is 4.31 Å². The van der Waals surface area contributed by atoms with Gasteiger partial charge in [-0.05, 0) is 53.9 Å². The lowest BCUT2D eigenvalue weighted by atomic mass is 10.1. The molecule has 0 aromatic heterocycles. The highest BCUT2D eigenvalue weighted by Gasteiger charge is 2.31. The fourth-order valence-corrected chi connectivity index (χ4v) is 5.45. The number of rotatable bonds is 6. The largest absolute Gasteiger partial charge is 0.465 e. The molecule has 0 fully saturated rings. The second-order valence-electron chi connectivity index (χ2n) is 7.83. The third-order valence-corrected chi connectivity index (χ3v) is 7.46. The van der Waals surface area contributed by atoms with E-state index >= 15 is 0 Å². The van der Waals surface area contributed by atoms with Crippen molar-refractivity contribution < 1.29 is 22.7 Å². The third-order valence-electron chi connectivity index (χ3n) is 5.65. The van der Waals surface area contributed by atoms with Crippen LogP contribution in [-0.2, 0) is 27.7 Å². The Balaban J connectivity index is 1.52. The summed E-state index contributed by atoms with van der Waals surface area (Å²) in [5, 5.41) is 0. The molecule has 3 aromatic carbocycles. The van der Waals surface area contributed by atoms with E-state index in [2.05, 4.69) is 0 Å². The topological polar surface area (TPSA) is 84.0 Å². The molecule has 0 saturated carbocycles. The number of carbonyl (C=O) groups excluding carboxylic acids is 2. The Morgan fingerprint density at radius 1 is 0.970 bits per heavy atom. The number of ether oxygens (including phenoxy) is 1. The Morgan fingerprint density at radius 2 is 1.70 bits per heavy atom. The van der Waals surface area contributed by atoms with E-state index in [4.69, 9.17) is 4.74 Å². The van der Waals surface area contributed by atoms with Crippen LogP contribution in [0.4, 0.5) is 5.69 Å². The van der Waals surface area contributed by atoms with Crippen LogP contribution in [0.5, 0.6) is 0 Å². The molecule has 0 radical (unpaired) electrons. The monoisotopic (exact) mass is 464 g/mol. The molecule has 1 amide bonds. The van der Waals surface area contributed by atoms with Crippen molar-refractivity contribution >= 4 is 27.6 Å². The van der Waals surface area contributed by atoms with Gasteiger partial charge < -0.3 is 9.64 Å². The standard InChI is InChI=1S/C25H24N2O5S/c1-26(17-18-10-12-20(13-11-18)25(29)32-2)24(28)21-7-5-8-22(16-21)33(30,31)27-15-14-19-6-3-4-9-23(19)27/h3-13,16H,14-15,17H2,1-2H3. The number of benzene rings is 3. The van der Waals surface area contributed by atoms with Gasteiger partial charge in [-0.3, -0.25) is 9.10 Å². The number of hydrogen-bond acceptors (Lipinski definition) is 5. The smallest absolute Gasteiger partial charge is 0.337 e. The Bertz CT molecular complexity index is 1300. The number of para-hydroxylation sites is 1. The lowest BCUT2D eigenvalue weighted by Crippen LogP contribution is -2.30. The number of esters is 1. The highest BCUT2D eigenvalue weighted by atomic mass is 32.2. The van der Waals surface area contributed by atoms with E-state index in [0.29, 0.717) is 30.8 Å². The molecule has 170 valence electrons. The maximum absolute atomic E-state index is 13.3. The molecule has 33 heavy (non-hydrogen) atoms. The van der Waals surface area contributed by atoms with Crippen molar-refractivity contribution in [3.63, 3.8) is 0 Å². The van der Waals surface area contributed by atoms with Crippen LogP contribution in [0.25, 0.3) is 0 Å². The number of sulfonamides is 1. The number of nitrogens with zero attached hydrogens (tertiary/aromatic N) is 2. The van der Waals surface area contributed by atoms with Crippen molar-refractivity contribution in [1.82, 2.24) is 4.90 Å². The van der Waals surface area contributed by atoms with Crippen molar-refractivity contribution in [2.45, 2.75) is 17.9 Å². The van der Waals surface area contributed by atoms with Crippen molar-refractivity contribution in [3.05, 3.63) is 95.1 Å². The van der Waals surface area contributed by atoms with Gasteiger partial charge in [-0.15, -0.1) is 0 Å². The molecule has 0 atom stereocenters. The van der Waals surface area contributed by atoms with Gasteiger partial charge in [0.2, 0.25) is 0 Å². The second-order valence-corrected chi connectivity index (χ2v) is 9.70. The lowest BCUT2D eigenvalue weighted by Gasteiger charge is -2.21. The summed E-state index contributed by atoms with van der Waals surface area (Å²) in [5.41, 5.74) is 3.22. The molecule has 3 aromatic rings. The highest BCUT2D eigenvalue weighted by Crippen LogP contribution is 2.32. The first kappa shape index (κ1) is 22.5. The maximum Gasteiger partial charge on any atom is 0.337 e. The number of fused-ring (bicyclic) bond motifs is 1. The molecule has 0 spiro atoms. The molecular formula is C25H24N2O5S. The molecule has 7 nitrogen and oxygen atoms in total. The molecule has 0 unspecified atom stereocenters. The van der Waals surface area contributed by atoms with Crippen LogP contribution in [0.2, 0.25) is 0 Å². The van der Waals surface area contributed by atoms with Crippen molar-refractivity contribution in [3.8, 4) is 0 Å². The van der Waals surface area contributed by atoms with E-state index in [0.717, 1.165) is 11.1 Å². The molecule has 1 heterocycles. The zero-order valence-corrected chi connectivity index (χ0v) is 19.2. The SMILES string of the molecule is COC(=O)c1ccc(CN(C)C(=O)c2cccc(S(=O)(=O)N3CCc4ccccc43)c2)cc1. The first-order valence-electron chi connectivity index (χ1n) is 10.4. The molecule has 4 rings (SSSR count). The van der Waals surface area contributed by atoms with Crippen LogP contribution in [0.3, 0.4) is 0 Å². The fraction of sp³-hybridized carbons (Fsp3) is 0.200. The van der Waals surface area contributed by atoms with E-state index in [9.17, 15) is 18.0 Å². The maximum atomic E-state index is 13.3. The first-order chi connectivity index (χ1) is 15.8. The van der Waals surface area contributed by atoms with Crippen molar-refractivity contribution in [2.75, 3.05) is 25.0 Å². The van der Waals surface area contributed by atoms with Gasteiger partial charge in [0.1, 0.15) is 0 Å². The van der Waals surface area contributed by atoms with E-state index in [1.165, 1.54) is 28.4 Å². The van der Waals surface area contributed by atoms with Crippen LogP contribution in [0, 0.1) is 0 Å². The summed E-state index contributed by atoms with van der Waals surface area (Å²) in [6.45, 7) is 0.679. The van der Waals surface area contributed by atoms with E-state index < -0.39 is 16.0 Å². The van der Waals surface area contributed by atoms with Gasteiger partial charge in [0, 0.05) is 25.7 Å². The minimum absolute atomic E-state index is 0.0842. The summed E-state index contributed by atoms with van der Waals surface area (Å²) in [5.74, 6) is -0.726. The Kier molecular flexibility index (Phi) is 6.20. The Morgan fingerprint density at radius 3 is 2.42 bits per heavy atom. The van der Waals surface area contributed by atoms with Gasteiger partial charge in [-0.2, -0.15) is 0 Å². The van der Waals surface area contributed by atoms with Gasteiger partial charge in [0.15, 0.2) is 0 Å². The van der Waals surface area contributed by atoms with Crippen LogP contribution in [0.15, 0.2) is 77.7 Å². The molecule has 8 heteroatoms. The molecule has 1 aliphatic heterocycles. The highest BCUT2D eigenvalue weighted by molar-refractivity contribution is 7.92. The summed E-state index contributed by atoms with van der Waals surface area (Å²) in [7, 11) is -0.823. The zero-order chi connectivity index (χ0) is 23.6. The average molecular weight is 465 g/mol. The van der Waals surface area contributed by atoms with Gasteiger partial charge in [0.25, 0.3) is 15.9 Å². The summed E-state index contributed by atoms with van der Waals surface area (Å²) in [6.07, 6.45) is 0.658. The average Bonchev–Trinajstić information content (AvgIpc) is 3.28. The Hall–Kier alpha value is -3.65. The zero-order valence-electron chi connectivity index (χ0n) is 18.4. The first-order valence-corrected chi connectivity index (χ1v) is 11.9. The third kappa shape index (κ3) is 4.47. The summed E-state index contributed by atoms with van der Waals surface area (Å²) >= 11 is 0. The predicted octanol–water partition coefficient (Wildman–Crippen LogP) is 3.50. The molecular weight excluding hydrogens is 440 g/mol. The summed E-state index contributed by atoms with van der Waals surface area (Å²) < 4.78 is 32.7. The van der Waals surface area contributed by atoms with E-state index in [1.807, 2.05) is 18.2 Å². The molecule has 0 aliphatic carbocycles. The van der Waals surface area contributed by atoms with Crippen LogP contribution >= 0.6 is 0 Å². The molecule has 0 N–H and O–H groups in total. The van der Waals surface area contributed by atoms with Crippen LogP contribution in [0.1, 0.15) is 31.8 Å². The minimum atomic E-state index is -3.79. The number of anilines is 1. The second kappa shape index (κ2) is 9.07. The number of methoxy groups -OCH3 is 1. The molecule has 1 aliphatic rings. The fourth-order valence-electron chi connectivity index (χ4n) is 3.90. The normalized spacial score (nSPS) is 12.8. The molecule has 0 saturated heterocycles. The van der Waals surface area contributed by atoms with Crippen molar-refractivity contribution in [1.29, 1.82) is 0 Å². The summed E-state index contributed by atoms with van der Waals surface area (Å²) in [6, 6.07) is 20.4. The number of hydrogen-bond donors (Lipinski definition) is 0. The quantitative estimate of drug-likeness (QED) is 0.522. The summed E-state index contributed by atoms with van der Waals surface area (Å²) in [4.78, 5) is 26.2. The lowest BCUT2D eigenvalue weighted by molar-refractivity contribution is 0.0600. The number of carbonyl (C=O) groups is 2. The predicted molar refractivity (Wildman–Crippen MR) is 125 cm³/mol. The van der Waals surface area contributed by atoms with E-state index in [1.54, 1.807) is 49.5 Å². The van der Waals surface area contributed by atoms with Gasteiger partial charge >= 0.3 is 5.97 Å². The minimum Gasteiger partial charge on any atom is -0.465 e. The van der Waals surface area contributed by atoms with Gasteiger partial charge in [0.05, 0.1) is 23.3 Å². The van der Waals surface area contributed by atoms with E-state index in [-0.39, 0.29) is 16.4 Å². The molecule has 0 bridgehead atoms. The van der Waals surface area contributed by atoms with Gasteiger partial charge in [-0.25, -0.2) is 13.2 Å².